The maximum Gasteiger partial charge on any atom is 0.200 e. The van der Waals surface area contributed by atoms with Gasteiger partial charge in [-0.05, 0) is 55.7 Å². The molecule has 4 heteroatoms. The summed E-state index contributed by atoms with van der Waals surface area (Å²) in [5.41, 5.74) is 1.52. The predicted molar refractivity (Wildman–Crippen MR) is 75.5 cm³/mol. The minimum atomic E-state index is -0.882. The molecule has 0 bridgehead atoms. The van der Waals surface area contributed by atoms with E-state index >= 15 is 0 Å². The van der Waals surface area contributed by atoms with E-state index in [4.69, 9.17) is 11.6 Å². The zero-order valence-corrected chi connectivity index (χ0v) is 12.1. The fraction of sp³-hybridized carbons (Fsp3) is 0.188. The third-order valence-electron chi connectivity index (χ3n) is 3.34. The summed E-state index contributed by atoms with van der Waals surface area (Å²) in [7, 11) is 0. The van der Waals surface area contributed by atoms with Crippen molar-refractivity contribution < 1.29 is 13.6 Å². The summed E-state index contributed by atoms with van der Waals surface area (Å²) in [5, 5.41) is 0.193. The SMILES string of the molecule is Cc1cc(Cl)c(C(=O)c2c(F)ccc(C)c2F)cc1C. The van der Waals surface area contributed by atoms with Crippen molar-refractivity contribution in [1.82, 2.24) is 0 Å². The molecule has 0 saturated carbocycles. The van der Waals surface area contributed by atoms with Crippen molar-refractivity contribution in [1.29, 1.82) is 0 Å². The van der Waals surface area contributed by atoms with Crippen LogP contribution in [0.3, 0.4) is 0 Å². The monoisotopic (exact) mass is 294 g/mol. The molecule has 0 amide bonds. The number of hydrogen-bond donors (Lipinski definition) is 0. The Labute approximate surface area is 121 Å². The summed E-state index contributed by atoms with van der Waals surface area (Å²) in [6.07, 6.45) is 0. The topological polar surface area (TPSA) is 17.1 Å². The van der Waals surface area contributed by atoms with Gasteiger partial charge in [0, 0.05) is 5.56 Å². The Hall–Kier alpha value is -1.74. The number of hydrogen-bond acceptors (Lipinski definition) is 1. The molecule has 0 aliphatic rings. The predicted octanol–water partition coefficient (Wildman–Crippen LogP) is 4.77. The number of aryl methyl sites for hydroxylation is 3. The molecule has 2 aromatic carbocycles. The molecular formula is C16H13ClF2O. The highest BCUT2D eigenvalue weighted by Gasteiger charge is 2.22. The van der Waals surface area contributed by atoms with Gasteiger partial charge in [0.1, 0.15) is 11.6 Å². The standard InChI is InChI=1S/C16H13ClF2O/c1-8-4-5-13(18)14(15(8)19)16(20)11-6-9(2)10(3)7-12(11)17/h4-7H,1-3H3. The molecular weight excluding hydrogens is 282 g/mol. The Morgan fingerprint density at radius 2 is 1.60 bits per heavy atom. The zero-order chi connectivity index (χ0) is 15.0. The number of carbonyl (C=O) groups is 1. The van der Waals surface area contributed by atoms with E-state index in [2.05, 4.69) is 0 Å². The molecule has 0 atom stereocenters. The Balaban J connectivity index is 2.64. The highest BCUT2D eigenvalue weighted by molar-refractivity contribution is 6.35. The average Bonchev–Trinajstić information content (AvgIpc) is 2.38. The highest BCUT2D eigenvalue weighted by Crippen LogP contribution is 2.26. The van der Waals surface area contributed by atoms with Crippen LogP contribution in [0.1, 0.15) is 32.6 Å². The van der Waals surface area contributed by atoms with E-state index in [9.17, 15) is 13.6 Å². The smallest absolute Gasteiger partial charge is 0.200 e. The molecule has 0 aromatic heterocycles. The highest BCUT2D eigenvalue weighted by atomic mass is 35.5. The molecule has 20 heavy (non-hydrogen) atoms. The van der Waals surface area contributed by atoms with E-state index < -0.39 is 23.0 Å². The first-order chi connectivity index (χ1) is 9.32. The number of carbonyl (C=O) groups excluding carboxylic acids is 1. The minimum absolute atomic E-state index is 0.109. The van der Waals surface area contributed by atoms with Crippen molar-refractivity contribution in [2.75, 3.05) is 0 Å². The van der Waals surface area contributed by atoms with Crippen LogP contribution in [0.15, 0.2) is 24.3 Å². The van der Waals surface area contributed by atoms with Crippen LogP contribution in [0.4, 0.5) is 8.78 Å². The van der Waals surface area contributed by atoms with Crippen molar-refractivity contribution in [3.8, 4) is 0 Å². The zero-order valence-electron chi connectivity index (χ0n) is 11.4. The van der Waals surface area contributed by atoms with Crippen LogP contribution in [0.25, 0.3) is 0 Å². The molecule has 0 N–H and O–H groups in total. The lowest BCUT2D eigenvalue weighted by Crippen LogP contribution is -2.10. The summed E-state index contributed by atoms with van der Waals surface area (Å²) in [5.74, 6) is -2.46. The normalized spacial score (nSPS) is 10.7. The maximum atomic E-state index is 14.0. The van der Waals surface area contributed by atoms with Crippen LogP contribution in [0.2, 0.25) is 5.02 Å². The van der Waals surface area contributed by atoms with Gasteiger partial charge in [0.15, 0.2) is 5.78 Å². The van der Waals surface area contributed by atoms with Crippen LogP contribution in [0, 0.1) is 32.4 Å². The fourth-order valence-electron chi connectivity index (χ4n) is 1.95. The van der Waals surface area contributed by atoms with Gasteiger partial charge < -0.3 is 0 Å². The molecule has 0 fully saturated rings. The summed E-state index contributed by atoms with van der Waals surface area (Å²) in [4.78, 5) is 12.4. The van der Waals surface area contributed by atoms with Gasteiger partial charge in [-0.25, -0.2) is 8.78 Å². The summed E-state index contributed by atoms with van der Waals surface area (Å²) >= 11 is 6.02. The minimum Gasteiger partial charge on any atom is -0.288 e. The lowest BCUT2D eigenvalue weighted by Gasteiger charge is -2.10. The van der Waals surface area contributed by atoms with Gasteiger partial charge in [-0.3, -0.25) is 4.79 Å². The van der Waals surface area contributed by atoms with E-state index in [0.29, 0.717) is 0 Å². The second kappa shape index (κ2) is 5.33. The maximum absolute atomic E-state index is 14.0. The Morgan fingerprint density at radius 3 is 2.25 bits per heavy atom. The first kappa shape index (κ1) is 14.7. The molecule has 0 spiro atoms. The largest absolute Gasteiger partial charge is 0.288 e. The van der Waals surface area contributed by atoms with Crippen molar-refractivity contribution in [2.24, 2.45) is 0 Å². The molecule has 0 heterocycles. The second-order valence-electron chi connectivity index (χ2n) is 4.80. The summed E-state index contributed by atoms with van der Waals surface area (Å²) in [6.45, 7) is 5.14. The number of rotatable bonds is 2. The van der Waals surface area contributed by atoms with Crippen molar-refractivity contribution in [2.45, 2.75) is 20.8 Å². The van der Waals surface area contributed by atoms with Crippen molar-refractivity contribution in [3.05, 3.63) is 68.7 Å². The van der Waals surface area contributed by atoms with E-state index in [1.807, 2.05) is 13.8 Å². The van der Waals surface area contributed by atoms with E-state index in [1.54, 1.807) is 12.1 Å². The molecule has 0 unspecified atom stereocenters. The quantitative estimate of drug-likeness (QED) is 0.729. The van der Waals surface area contributed by atoms with Gasteiger partial charge in [-0.1, -0.05) is 17.7 Å². The summed E-state index contributed by atoms with van der Waals surface area (Å²) in [6, 6.07) is 5.56. The van der Waals surface area contributed by atoms with Crippen molar-refractivity contribution in [3.63, 3.8) is 0 Å². The first-order valence-electron chi connectivity index (χ1n) is 6.09. The number of ketones is 1. The van der Waals surface area contributed by atoms with Gasteiger partial charge >= 0.3 is 0 Å². The summed E-state index contributed by atoms with van der Waals surface area (Å²) < 4.78 is 27.8. The molecule has 1 nitrogen and oxygen atoms in total. The number of halogens is 3. The van der Waals surface area contributed by atoms with Gasteiger partial charge in [0.05, 0.1) is 10.6 Å². The lowest BCUT2D eigenvalue weighted by atomic mass is 9.97. The van der Waals surface area contributed by atoms with Crippen LogP contribution in [-0.2, 0) is 0 Å². The molecule has 0 aliphatic carbocycles. The third-order valence-corrected chi connectivity index (χ3v) is 3.65. The van der Waals surface area contributed by atoms with Crippen LogP contribution in [0.5, 0.6) is 0 Å². The Kier molecular flexibility index (Phi) is 3.91. The van der Waals surface area contributed by atoms with Gasteiger partial charge in [0.2, 0.25) is 0 Å². The Morgan fingerprint density at radius 1 is 1.00 bits per heavy atom. The van der Waals surface area contributed by atoms with Crippen LogP contribution in [-0.4, -0.2) is 5.78 Å². The van der Waals surface area contributed by atoms with E-state index in [-0.39, 0.29) is 16.1 Å². The molecule has 0 saturated heterocycles. The second-order valence-corrected chi connectivity index (χ2v) is 5.21. The van der Waals surface area contributed by atoms with Crippen molar-refractivity contribution >= 4 is 17.4 Å². The molecule has 0 radical (unpaired) electrons. The lowest BCUT2D eigenvalue weighted by molar-refractivity contribution is 0.103. The van der Waals surface area contributed by atoms with Gasteiger partial charge in [0.25, 0.3) is 0 Å². The van der Waals surface area contributed by atoms with Crippen LogP contribution >= 0.6 is 11.6 Å². The van der Waals surface area contributed by atoms with Gasteiger partial charge in [-0.2, -0.15) is 0 Å². The fourth-order valence-corrected chi connectivity index (χ4v) is 2.26. The van der Waals surface area contributed by atoms with E-state index in [1.165, 1.54) is 13.0 Å². The van der Waals surface area contributed by atoms with Gasteiger partial charge in [-0.15, -0.1) is 0 Å². The molecule has 104 valence electrons. The number of benzene rings is 2. The molecule has 2 rings (SSSR count). The molecule has 0 aliphatic heterocycles. The van der Waals surface area contributed by atoms with Crippen LogP contribution < -0.4 is 0 Å². The molecule has 2 aromatic rings. The third kappa shape index (κ3) is 2.46. The Bertz CT molecular complexity index is 708. The van der Waals surface area contributed by atoms with E-state index in [0.717, 1.165) is 17.2 Å². The average molecular weight is 295 g/mol. The first-order valence-corrected chi connectivity index (χ1v) is 6.46.